The molecule has 0 spiro atoms. The average molecular weight is 271 g/mol. The van der Waals surface area contributed by atoms with Crippen LogP contribution in [0.5, 0.6) is 5.75 Å². The largest absolute Gasteiger partial charge is 0.508 e. The first-order valence-corrected chi connectivity index (χ1v) is 6.01. The van der Waals surface area contributed by atoms with Gasteiger partial charge in [-0.2, -0.15) is 8.78 Å². The predicted molar refractivity (Wildman–Crippen MR) is 63.7 cm³/mol. The van der Waals surface area contributed by atoms with Gasteiger partial charge in [0.1, 0.15) is 11.4 Å². The third-order valence-electron chi connectivity index (χ3n) is 3.44. The minimum atomic E-state index is -3.78. The molecule has 2 rings (SSSR count). The van der Waals surface area contributed by atoms with Gasteiger partial charge in [-0.05, 0) is 37.0 Å². The van der Waals surface area contributed by atoms with Gasteiger partial charge in [0.15, 0.2) is 0 Å². The first kappa shape index (κ1) is 13.7. The number of aliphatic hydroxyl groups is 1. The summed E-state index contributed by atoms with van der Waals surface area (Å²) in [6.07, 6.45) is 0.372. The van der Waals surface area contributed by atoms with E-state index in [-0.39, 0.29) is 25.1 Å². The molecule has 0 saturated heterocycles. The number of halogens is 2. The molecule has 0 aromatic heterocycles. The molecule has 3 N–H and O–H groups in total. The number of benzene rings is 1. The van der Waals surface area contributed by atoms with Crippen LogP contribution in [0.3, 0.4) is 0 Å². The van der Waals surface area contributed by atoms with E-state index in [1.807, 2.05) is 0 Å². The average Bonchev–Trinajstić information content (AvgIpc) is 2.34. The Morgan fingerprint density at radius 3 is 2.37 bits per heavy atom. The molecule has 6 heteroatoms. The highest BCUT2D eigenvalue weighted by Gasteiger charge is 2.60. The quantitative estimate of drug-likeness (QED) is 0.778. The van der Waals surface area contributed by atoms with Crippen LogP contribution in [0.4, 0.5) is 8.78 Å². The van der Waals surface area contributed by atoms with Gasteiger partial charge in [-0.3, -0.25) is 4.79 Å². The van der Waals surface area contributed by atoms with E-state index in [1.54, 1.807) is 0 Å². The fraction of sp³-hybridized carbons (Fsp3) is 0.462. The Morgan fingerprint density at radius 2 is 1.89 bits per heavy atom. The molecule has 1 aliphatic rings. The highest BCUT2D eigenvalue weighted by Crippen LogP contribution is 2.44. The topological polar surface area (TPSA) is 69.6 Å². The van der Waals surface area contributed by atoms with E-state index in [0.717, 1.165) is 0 Å². The highest BCUT2D eigenvalue weighted by molar-refractivity contribution is 5.85. The Hall–Kier alpha value is -1.69. The second-order valence-corrected chi connectivity index (χ2v) is 4.81. The van der Waals surface area contributed by atoms with Crippen molar-refractivity contribution in [3.05, 3.63) is 29.8 Å². The van der Waals surface area contributed by atoms with Gasteiger partial charge in [0, 0.05) is 6.54 Å². The van der Waals surface area contributed by atoms with Crippen molar-refractivity contribution in [3.63, 3.8) is 0 Å². The lowest BCUT2D eigenvalue weighted by Gasteiger charge is -2.41. The van der Waals surface area contributed by atoms with Crippen LogP contribution in [-0.4, -0.2) is 27.6 Å². The third-order valence-corrected chi connectivity index (χ3v) is 3.44. The van der Waals surface area contributed by atoms with Crippen molar-refractivity contribution in [1.82, 2.24) is 5.32 Å². The van der Waals surface area contributed by atoms with Crippen molar-refractivity contribution in [1.29, 1.82) is 0 Å². The summed E-state index contributed by atoms with van der Waals surface area (Å²) in [7, 11) is 0. The Balaban J connectivity index is 1.95. The van der Waals surface area contributed by atoms with E-state index in [0.29, 0.717) is 12.0 Å². The lowest BCUT2D eigenvalue weighted by molar-refractivity contribution is -0.216. The molecule has 0 atom stereocenters. The molecule has 1 aromatic rings. The van der Waals surface area contributed by atoms with Gasteiger partial charge in [0.25, 0.3) is 5.91 Å². The molecule has 1 saturated carbocycles. The van der Waals surface area contributed by atoms with Gasteiger partial charge in [-0.25, -0.2) is 0 Å². The Morgan fingerprint density at radius 1 is 1.32 bits per heavy atom. The number of hydrogen-bond donors (Lipinski definition) is 3. The molecule has 1 fully saturated rings. The SMILES string of the molecule is O=C(NCc1ccc(O)cc1)C(F)(F)C1(O)CCC1. The summed E-state index contributed by atoms with van der Waals surface area (Å²) in [4.78, 5) is 11.5. The highest BCUT2D eigenvalue weighted by atomic mass is 19.3. The predicted octanol–water partition coefficient (Wildman–Crippen LogP) is 1.56. The first-order valence-electron chi connectivity index (χ1n) is 6.01. The summed E-state index contributed by atoms with van der Waals surface area (Å²) in [5.41, 5.74) is -1.62. The second kappa shape index (κ2) is 4.77. The number of amides is 1. The van der Waals surface area contributed by atoms with Gasteiger partial charge in [0.05, 0.1) is 0 Å². The second-order valence-electron chi connectivity index (χ2n) is 4.81. The number of alkyl halides is 2. The number of phenolic OH excluding ortho intramolecular Hbond substituents is 1. The molecule has 0 radical (unpaired) electrons. The summed E-state index contributed by atoms with van der Waals surface area (Å²) in [5.74, 6) is -5.19. The van der Waals surface area contributed by atoms with Crippen LogP contribution < -0.4 is 5.32 Å². The van der Waals surface area contributed by atoms with E-state index in [9.17, 15) is 18.7 Å². The van der Waals surface area contributed by atoms with E-state index >= 15 is 0 Å². The van der Waals surface area contributed by atoms with Crippen LogP contribution in [0.2, 0.25) is 0 Å². The lowest BCUT2D eigenvalue weighted by Crippen LogP contribution is -2.60. The zero-order valence-corrected chi connectivity index (χ0v) is 10.2. The monoisotopic (exact) mass is 271 g/mol. The minimum absolute atomic E-state index is 0.0594. The van der Waals surface area contributed by atoms with Gasteiger partial charge < -0.3 is 15.5 Å². The summed E-state index contributed by atoms with van der Waals surface area (Å²) >= 11 is 0. The van der Waals surface area contributed by atoms with Gasteiger partial charge >= 0.3 is 5.92 Å². The van der Waals surface area contributed by atoms with Crippen LogP contribution in [-0.2, 0) is 11.3 Å². The van der Waals surface area contributed by atoms with Crippen molar-refractivity contribution >= 4 is 5.91 Å². The van der Waals surface area contributed by atoms with Crippen molar-refractivity contribution in [2.45, 2.75) is 37.3 Å². The first-order chi connectivity index (χ1) is 8.85. The van der Waals surface area contributed by atoms with Crippen molar-refractivity contribution in [2.75, 3.05) is 0 Å². The smallest absolute Gasteiger partial charge is 0.352 e. The zero-order chi connectivity index (χ0) is 14.1. The van der Waals surface area contributed by atoms with E-state index in [2.05, 4.69) is 5.32 Å². The number of rotatable bonds is 4. The van der Waals surface area contributed by atoms with Gasteiger partial charge in [0.2, 0.25) is 0 Å². The number of carbonyl (C=O) groups is 1. The minimum Gasteiger partial charge on any atom is -0.508 e. The van der Waals surface area contributed by atoms with Crippen molar-refractivity contribution < 1.29 is 23.8 Å². The number of nitrogens with one attached hydrogen (secondary N) is 1. The van der Waals surface area contributed by atoms with E-state index < -0.39 is 17.4 Å². The summed E-state index contributed by atoms with van der Waals surface area (Å²) in [6.45, 7) is -0.0786. The van der Waals surface area contributed by atoms with Crippen molar-refractivity contribution in [3.8, 4) is 5.75 Å². The van der Waals surface area contributed by atoms with Gasteiger partial charge in [-0.15, -0.1) is 0 Å². The zero-order valence-electron chi connectivity index (χ0n) is 10.2. The molecular weight excluding hydrogens is 256 g/mol. The molecule has 1 amide bonds. The number of hydrogen-bond acceptors (Lipinski definition) is 3. The van der Waals surface area contributed by atoms with E-state index in [1.165, 1.54) is 24.3 Å². The van der Waals surface area contributed by atoms with Crippen molar-refractivity contribution in [2.24, 2.45) is 0 Å². The maximum Gasteiger partial charge on any atom is 0.352 e. The van der Waals surface area contributed by atoms with Crippen LogP contribution in [0.15, 0.2) is 24.3 Å². The molecule has 104 valence electrons. The number of carbonyl (C=O) groups excluding carboxylic acids is 1. The van der Waals surface area contributed by atoms with Gasteiger partial charge in [-0.1, -0.05) is 12.1 Å². The molecule has 0 heterocycles. The Labute approximate surface area is 109 Å². The number of phenols is 1. The maximum atomic E-state index is 13.7. The molecule has 0 unspecified atom stereocenters. The molecule has 4 nitrogen and oxygen atoms in total. The molecule has 1 aromatic carbocycles. The fourth-order valence-corrected chi connectivity index (χ4v) is 1.94. The van der Waals surface area contributed by atoms with Crippen LogP contribution in [0.25, 0.3) is 0 Å². The standard InChI is InChI=1S/C13H15F2NO3/c14-13(15,12(19)6-1-7-12)11(18)16-8-9-2-4-10(17)5-3-9/h2-5,17,19H,1,6-8H2,(H,16,18). The van der Waals surface area contributed by atoms with Crippen LogP contribution in [0.1, 0.15) is 24.8 Å². The molecular formula is C13H15F2NO3. The number of aromatic hydroxyl groups is 1. The molecule has 1 aliphatic carbocycles. The Kier molecular flexibility index (Phi) is 3.45. The normalized spacial score (nSPS) is 17.6. The maximum absolute atomic E-state index is 13.7. The van der Waals surface area contributed by atoms with E-state index in [4.69, 9.17) is 5.11 Å². The fourth-order valence-electron chi connectivity index (χ4n) is 1.94. The van der Waals surface area contributed by atoms with Crippen LogP contribution >= 0.6 is 0 Å². The Bertz CT molecular complexity index is 469. The molecule has 0 bridgehead atoms. The molecule has 0 aliphatic heterocycles. The third kappa shape index (κ3) is 2.53. The lowest BCUT2D eigenvalue weighted by atomic mass is 9.75. The summed E-state index contributed by atoms with van der Waals surface area (Å²) in [5, 5.41) is 20.8. The molecule has 19 heavy (non-hydrogen) atoms. The summed E-state index contributed by atoms with van der Waals surface area (Å²) < 4.78 is 27.4. The van der Waals surface area contributed by atoms with Crippen LogP contribution in [0, 0.1) is 0 Å². The summed E-state index contributed by atoms with van der Waals surface area (Å²) in [6, 6.07) is 5.84.